The Kier molecular flexibility index (Phi) is 12.4. The number of halogens is 3. The number of hydrogen-bond acceptors (Lipinski definition) is 5. The van der Waals surface area contributed by atoms with Crippen molar-refractivity contribution in [1.29, 1.82) is 0 Å². The van der Waals surface area contributed by atoms with Gasteiger partial charge in [-0.25, -0.2) is 9.97 Å². The van der Waals surface area contributed by atoms with Crippen LogP contribution in [0.1, 0.15) is 56.5 Å². The maximum Gasteiger partial charge on any atom is 0.419 e. The van der Waals surface area contributed by atoms with Crippen molar-refractivity contribution >= 4 is 11.9 Å². The molecule has 6 nitrogen and oxygen atoms in total. The van der Waals surface area contributed by atoms with Gasteiger partial charge in [0.2, 0.25) is 11.9 Å². The number of anilines is 1. The van der Waals surface area contributed by atoms with E-state index in [9.17, 15) is 18.0 Å². The van der Waals surface area contributed by atoms with Crippen LogP contribution >= 0.6 is 0 Å². The fraction of sp³-hybridized carbons (Fsp3) is 0.433. The van der Waals surface area contributed by atoms with Crippen molar-refractivity contribution in [2.24, 2.45) is 11.7 Å². The number of carbonyl (C=O) groups excluding carboxylic acids is 1. The molecule has 0 aliphatic heterocycles. The molecule has 3 N–H and O–H groups in total. The van der Waals surface area contributed by atoms with Gasteiger partial charge in [0.1, 0.15) is 0 Å². The fourth-order valence-corrected chi connectivity index (χ4v) is 4.12. The van der Waals surface area contributed by atoms with Gasteiger partial charge in [0, 0.05) is 11.9 Å². The molecule has 9 heteroatoms. The lowest BCUT2D eigenvalue weighted by molar-refractivity contribution is -0.138. The van der Waals surface area contributed by atoms with Crippen molar-refractivity contribution in [3.63, 3.8) is 0 Å². The highest BCUT2D eigenvalue weighted by molar-refractivity contribution is 5.77. The minimum Gasteiger partial charge on any atom is -0.369 e. The molecule has 0 saturated carbocycles. The molecule has 1 atom stereocenters. The summed E-state index contributed by atoms with van der Waals surface area (Å²) in [5.74, 6) is -0.146. The summed E-state index contributed by atoms with van der Waals surface area (Å²) in [5, 5.41) is 3.02. The molecule has 212 valence electrons. The number of rotatable bonds is 15. The van der Waals surface area contributed by atoms with Crippen LogP contribution in [0.2, 0.25) is 0 Å². The lowest BCUT2D eigenvalue weighted by Crippen LogP contribution is -2.25. The zero-order valence-electron chi connectivity index (χ0n) is 23.3. The summed E-state index contributed by atoms with van der Waals surface area (Å²) in [5.41, 5.74) is 7.38. The van der Waals surface area contributed by atoms with Gasteiger partial charge >= 0.3 is 6.18 Å². The molecule has 1 aromatic carbocycles. The molecule has 0 aliphatic carbocycles. The molecule has 0 radical (unpaired) electrons. The highest BCUT2D eigenvalue weighted by Gasteiger charge is 2.34. The van der Waals surface area contributed by atoms with Gasteiger partial charge in [-0.1, -0.05) is 69.3 Å². The number of alkyl halides is 3. The van der Waals surface area contributed by atoms with E-state index in [1.807, 2.05) is 19.1 Å². The van der Waals surface area contributed by atoms with Crippen LogP contribution in [0, 0.1) is 5.92 Å². The monoisotopic (exact) mass is 543 g/mol. The standard InChI is InChI=1S/C30H40F3N5O/c1-6-25(15-13-21(4)22(5)17-18-38(7-2)8-3)36-29-35-20-26(30(31,32)33)27(37-29)16-14-23-11-9-10-12-24(23)19-28(34)39/h6,9-13,15,20,22H,4,7-8,14,16-19H2,1-3,5H3,(H2,34,39)(H,35,36,37)/b15-13-,25-6+. The van der Waals surface area contributed by atoms with E-state index in [1.165, 1.54) is 0 Å². The third-order valence-electron chi connectivity index (χ3n) is 6.74. The maximum absolute atomic E-state index is 13.7. The first-order valence-electron chi connectivity index (χ1n) is 13.3. The molecule has 0 fully saturated rings. The van der Waals surface area contributed by atoms with E-state index < -0.39 is 17.6 Å². The Morgan fingerprint density at radius 3 is 2.41 bits per heavy atom. The van der Waals surface area contributed by atoms with Gasteiger partial charge in [-0.3, -0.25) is 4.79 Å². The smallest absolute Gasteiger partial charge is 0.369 e. The molecule has 2 aromatic rings. The van der Waals surface area contributed by atoms with Gasteiger partial charge in [0.05, 0.1) is 17.7 Å². The average Bonchev–Trinajstić information content (AvgIpc) is 2.89. The minimum atomic E-state index is -4.59. The van der Waals surface area contributed by atoms with Crippen molar-refractivity contribution in [2.45, 2.75) is 59.6 Å². The first-order chi connectivity index (χ1) is 18.5. The zero-order chi connectivity index (χ0) is 29.0. The van der Waals surface area contributed by atoms with Crippen LogP contribution in [0.5, 0.6) is 0 Å². The van der Waals surface area contributed by atoms with Crippen LogP contribution < -0.4 is 11.1 Å². The van der Waals surface area contributed by atoms with E-state index in [0.717, 1.165) is 43.4 Å². The van der Waals surface area contributed by atoms with Gasteiger partial charge in [0.15, 0.2) is 0 Å². The van der Waals surface area contributed by atoms with Crippen molar-refractivity contribution in [3.05, 3.63) is 88.9 Å². The van der Waals surface area contributed by atoms with E-state index in [1.54, 1.807) is 30.3 Å². The minimum absolute atomic E-state index is 0.0175. The largest absolute Gasteiger partial charge is 0.419 e. The average molecular weight is 544 g/mol. The SMILES string of the molecule is C=C(/C=C\C(=C/C)Nc1ncc(C(F)(F)F)c(CCc2ccccc2CC(N)=O)n1)C(C)CCN(CC)CC. The molecule has 0 aliphatic rings. The topological polar surface area (TPSA) is 84.1 Å². The molecule has 1 heterocycles. The number of primary amides is 1. The second-order valence-electron chi connectivity index (χ2n) is 9.46. The maximum atomic E-state index is 13.7. The number of hydrogen-bond donors (Lipinski definition) is 2. The van der Waals surface area contributed by atoms with Crippen LogP contribution in [0.4, 0.5) is 19.1 Å². The lowest BCUT2D eigenvalue weighted by Gasteiger charge is -2.20. The first kappa shape index (κ1) is 31.8. The van der Waals surface area contributed by atoms with Gasteiger partial charge in [-0.2, -0.15) is 13.2 Å². The molecule has 2 rings (SSSR count). The fourth-order valence-electron chi connectivity index (χ4n) is 4.12. The Balaban J connectivity index is 2.17. The molecule has 0 bridgehead atoms. The first-order valence-corrected chi connectivity index (χ1v) is 13.3. The number of carbonyl (C=O) groups is 1. The van der Waals surface area contributed by atoms with Gasteiger partial charge < -0.3 is 16.0 Å². The van der Waals surface area contributed by atoms with Crippen molar-refractivity contribution in [2.75, 3.05) is 25.0 Å². The number of amides is 1. The Morgan fingerprint density at radius 2 is 1.82 bits per heavy atom. The number of benzene rings is 1. The van der Waals surface area contributed by atoms with Crippen LogP contribution in [-0.4, -0.2) is 40.4 Å². The van der Waals surface area contributed by atoms with Crippen molar-refractivity contribution < 1.29 is 18.0 Å². The van der Waals surface area contributed by atoms with Gasteiger partial charge in [0.25, 0.3) is 0 Å². The van der Waals surface area contributed by atoms with Gasteiger partial charge in [-0.05, 0) is 68.9 Å². The summed E-state index contributed by atoms with van der Waals surface area (Å²) in [6, 6.07) is 7.08. The Hall–Kier alpha value is -3.46. The molecular weight excluding hydrogens is 503 g/mol. The Morgan fingerprint density at radius 1 is 1.15 bits per heavy atom. The number of aromatic nitrogens is 2. The van der Waals surface area contributed by atoms with Gasteiger partial charge in [-0.15, -0.1) is 0 Å². The molecular formula is C30H40F3N5O. The summed E-state index contributed by atoms with van der Waals surface area (Å²) in [6.07, 6.45) is 3.05. The third kappa shape index (κ3) is 10.3. The van der Waals surface area contributed by atoms with Crippen LogP contribution in [0.15, 0.2) is 66.5 Å². The van der Waals surface area contributed by atoms with E-state index in [-0.39, 0.29) is 36.8 Å². The molecule has 1 unspecified atom stereocenters. The highest BCUT2D eigenvalue weighted by atomic mass is 19.4. The highest BCUT2D eigenvalue weighted by Crippen LogP contribution is 2.32. The number of nitrogens with two attached hydrogens (primary N) is 1. The molecule has 0 saturated heterocycles. The van der Waals surface area contributed by atoms with E-state index in [4.69, 9.17) is 5.73 Å². The lowest BCUT2D eigenvalue weighted by atomic mass is 9.98. The number of nitrogens with zero attached hydrogens (tertiary/aromatic N) is 3. The van der Waals surface area contributed by atoms with E-state index >= 15 is 0 Å². The summed E-state index contributed by atoms with van der Waals surface area (Å²) in [7, 11) is 0. The van der Waals surface area contributed by atoms with Crippen LogP contribution in [0.25, 0.3) is 0 Å². The van der Waals surface area contributed by atoms with Crippen LogP contribution in [-0.2, 0) is 30.2 Å². The normalized spacial score (nSPS) is 13.2. The molecule has 0 spiro atoms. The summed E-state index contributed by atoms with van der Waals surface area (Å²) < 4.78 is 41.2. The predicted octanol–water partition coefficient (Wildman–Crippen LogP) is 6.10. The molecule has 1 amide bonds. The number of nitrogens with one attached hydrogen (secondary N) is 1. The van der Waals surface area contributed by atoms with Crippen molar-refractivity contribution in [3.8, 4) is 0 Å². The number of allylic oxidation sites excluding steroid dienone is 4. The zero-order valence-corrected chi connectivity index (χ0v) is 23.3. The Labute approximate surface area is 229 Å². The quantitative estimate of drug-likeness (QED) is 0.265. The summed E-state index contributed by atoms with van der Waals surface area (Å²) in [6.45, 7) is 15.4. The predicted molar refractivity (Wildman–Crippen MR) is 151 cm³/mol. The Bertz CT molecular complexity index is 1170. The second-order valence-corrected chi connectivity index (χ2v) is 9.46. The molecule has 39 heavy (non-hydrogen) atoms. The molecule has 1 aromatic heterocycles. The third-order valence-corrected chi connectivity index (χ3v) is 6.74. The second kappa shape index (κ2) is 15.2. The summed E-state index contributed by atoms with van der Waals surface area (Å²) in [4.78, 5) is 21.9. The van der Waals surface area contributed by atoms with Crippen molar-refractivity contribution in [1.82, 2.24) is 14.9 Å². The van der Waals surface area contributed by atoms with E-state index in [2.05, 4.69) is 47.5 Å². The number of aryl methyl sites for hydroxylation is 2. The summed E-state index contributed by atoms with van der Waals surface area (Å²) >= 11 is 0. The van der Waals surface area contributed by atoms with E-state index in [0.29, 0.717) is 11.3 Å². The van der Waals surface area contributed by atoms with Crippen LogP contribution in [0.3, 0.4) is 0 Å².